The van der Waals surface area contributed by atoms with Gasteiger partial charge in [-0.3, -0.25) is 9.11 Å². The zero-order valence-electron chi connectivity index (χ0n) is 31.0. The summed E-state index contributed by atoms with van der Waals surface area (Å²) in [7, 11) is -9.22. The van der Waals surface area contributed by atoms with Crippen molar-refractivity contribution < 1.29 is 35.4 Å². The Morgan fingerprint density at radius 1 is 0.536 bits per heavy atom. The molecule has 0 saturated carbocycles. The normalized spacial score (nSPS) is 12.3. The van der Waals surface area contributed by atoms with Gasteiger partial charge in [-0.05, 0) is 85.3 Å². The summed E-state index contributed by atoms with van der Waals surface area (Å²) >= 11 is 0. The van der Waals surface area contributed by atoms with Gasteiger partial charge in [0, 0.05) is 21.5 Å². The second-order valence-electron chi connectivity index (χ2n) is 13.0. The quantitative estimate of drug-likeness (QED) is 0.0491. The van der Waals surface area contributed by atoms with E-state index in [0.717, 1.165) is 22.3 Å². The summed E-state index contributed by atoms with van der Waals surface area (Å²) in [5.74, 6) is 0.817. The second kappa shape index (κ2) is 16.0. The molecular formula is C40H40N6O8S2. The minimum atomic E-state index is -4.61. The standard InChI is InChI=1S/C40H40N6O8S2/c1-5-15-53-35-19-29(23(3)17-31(35)43-45-33-21-37(55(47,48)49)25-11-7-9-13-27(25)39(33)41)30-20-36(54-16-6-2)32(18-24(30)4)44-46-34-22-38(56(50,51)52)26-12-8-10-14-28(26)40(34)42/h7-14,17-22H,5-6,15-16,41-42H2,1-4H3,(H,47,48,49)(H,50,51,52). The third-order valence-electron chi connectivity index (χ3n) is 8.97. The Morgan fingerprint density at radius 3 is 1.21 bits per heavy atom. The van der Waals surface area contributed by atoms with Crippen LogP contribution in [0.1, 0.15) is 37.8 Å². The van der Waals surface area contributed by atoms with Crippen molar-refractivity contribution in [2.24, 2.45) is 20.5 Å². The highest BCUT2D eigenvalue weighted by Crippen LogP contribution is 2.44. The Bertz CT molecular complexity index is 2600. The Balaban J connectivity index is 1.43. The van der Waals surface area contributed by atoms with Crippen LogP contribution in [0.4, 0.5) is 34.1 Å². The highest BCUT2D eigenvalue weighted by atomic mass is 32.2. The summed E-state index contributed by atoms with van der Waals surface area (Å²) in [6, 6.07) is 22.7. The number of benzene rings is 6. The molecule has 0 saturated heterocycles. The Morgan fingerprint density at radius 2 is 0.875 bits per heavy atom. The molecular weight excluding hydrogens is 757 g/mol. The molecule has 6 aromatic rings. The van der Waals surface area contributed by atoms with E-state index in [2.05, 4.69) is 20.5 Å². The monoisotopic (exact) mass is 796 g/mol. The summed E-state index contributed by atoms with van der Waals surface area (Å²) in [6.07, 6.45) is 1.41. The van der Waals surface area contributed by atoms with Gasteiger partial charge in [0.1, 0.15) is 44.0 Å². The van der Waals surface area contributed by atoms with Gasteiger partial charge >= 0.3 is 0 Å². The van der Waals surface area contributed by atoms with Crippen LogP contribution in [0.2, 0.25) is 0 Å². The lowest BCUT2D eigenvalue weighted by Crippen LogP contribution is -2.01. The number of azo groups is 2. The van der Waals surface area contributed by atoms with Crippen molar-refractivity contribution in [1.29, 1.82) is 0 Å². The minimum absolute atomic E-state index is 0.0532. The number of ether oxygens (including phenoxy) is 2. The fourth-order valence-electron chi connectivity index (χ4n) is 6.25. The van der Waals surface area contributed by atoms with Gasteiger partial charge in [0.2, 0.25) is 0 Å². The van der Waals surface area contributed by atoms with Gasteiger partial charge in [-0.2, -0.15) is 16.8 Å². The molecule has 0 spiro atoms. The van der Waals surface area contributed by atoms with Gasteiger partial charge in [-0.25, -0.2) is 0 Å². The lowest BCUT2D eigenvalue weighted by molar-refractivity contribution is 0.318. The molecule has 0 radical (unpaired) electrons. The molecule has 0 aliphatic rings. The lowest BCUT2D eigenvalue weighted by Gasteiger charge is -2.17. The Labute approximate surface area is 324 Å². The molecule has 0 heterocycles. The van der Waals surface area contributed by atoms with Gasteiger partial charge in [0.05, 0.1) is 24.6 Å². The molecule has 0 aliphatic carbocycles. The van der Waals surface area contributed by atoms with Gasteiger partial charge in [0.25, 0.3) is 20.2 Å². The molecule has 0 aliphatic heterocycles. The Kier molecular flexibility index (Phi) is 11.4. The number of nitrogens with two attached hydrogens (primary N) is 2. The molecule has 6 rings (SSSR count). The highest BCUT2D eigenvalue weighted by Gasteiger charge is 2.21. The van der Waals surface area contributed by atoms with Crippen LogP contribution < -0.4 is 20.9 Å². The summed E-state index contributed by atoms with van der Waals surface area (Å²) in [6.45, 7) is 8.47. The van der Waals surface area contributed by atoms with Crippen LogP contribution in [0.15, 0.2) is 115 Å². The molecule has 16 heteroatoms. The third-order valence-corrected chi connectivity index (χ3v) is 10.8. The Hall–Kier alpha value is -5.94. The number of anilines is 2. The van der Waals surface area contributed by atoms with E-state index in [1.165, 1.54) is 12.1 Å². The molecule has 0 amide bonds. The van der Waals surface area contributed by atoms with E-state index in [1.807, 2.05) is 39.8 Å². The molecule has 6 N–H and O–H groups in total. The van der Waals surface area contributed by atoms with Crippen molar-refractivity contribution >= 4 is 75.9 Å². The number of fused-ring (bicyclic) bond motifs is 2. The predicted molar refractivity (Wildman–Crippen MR) is 218 cm³/mol. The summed E-state index contributed by atoms with van der Waals surface area (Å²) in [5, 5.41) is 18.8. The average Bonchev–Trinajstić information content (AvgIpc) is 3.16. The molecule has 0 atom stereocenters. The SMILES string of the molecule is CCCOc1cc(-c2cc(OCCC)c(N=Nc3cc(S(=O)(=O)O)c4ccccc4c3N)cc2C)c(C)cc1N=Nc1cc(S(=O)(=O)O)c2ccccc2c1N. The first-order valence-corrected chi connectivity index (χ1v) is 20.5. The molecule has 14 nitrogen and oxygen atoms in total. The zero-order valence-corrected chi connectivity index (χ0v) is 32.6. The van der Waals surface area contributed by atoms with Crippen molar-refractivity contribution in [2.45, 2.75) is 50.3 Å². The molecule has 6 aromatic carbocycles. The maximum Gasteiger partial charge on any atom is 0.295 e. The average molecular weight is 797 g/mol. The maximum absolute atomic E-state index is 12.3. The van der Waals surface area contributed by atoms with Crippen molar-refractivity contribution in [3.05, 3.63) is 96.1 Å². The maximum atomic E-state index is 12.3. The molecule has 56 heavy (non-hydrogen) atoms. The number of aryl methyl sites for hydroxylation is 2. The first-order chi connectivity index (χ1) is 26.6. The molecule has 290 valence electrons. The van der Waals surface area contributed by atoms with E-state index in [9.17, 15) is 25.9 Å². The van der Waals surface area contributed by atoms with Crippen LogP contribution in [0.3, 0.4) is 0 Å². The van der Waals surface area contributed by atoms with Crippen LogP contribution in [-0.2, 0) is 20.2 Å². The van der Waals surface area contributed by atoms with Crippen LogP contribution in [0.5, 0.6) is 11.5 Å². The molecule has 0 unspecified atom stereocenters. The topological polar surface area (TPSA) is 229 Å². The van der Waals surface area contributed by atoms with Crippen LogP contribution in [0, 0.1) is 13.8 Å². The number of nitrogens with zero attached hydrogens (tertiary/aromatic N) is 4. The molecule has 0 aromatic heterocycles. The van der Waals surface area contributed by atoms with Crippen molar-refractivity contribution in [1.82, 2.24) is 0 Å². The largest absolute Gasteiger partial charge is 0.491 e. The van der Waals surface area contributed by atoms with E-state index < -0.39 is 20.2 Å². The smallest absolute Gasteiger partial charge is 0.295 e. The highest BCUT2D eigenvalue weighted by molar-refractivity contribution is 7.86. The lowest BCUT2D eigenvalue weighted by atomic mass is 9.95. The van der Waals surface area contributed by atoms with Crippen molar-refractivity contribution in [2.75, 3.05) is 24.7 Å². The van der Waals surface area contributed by atoms with Gasteiger partial charge < -0.3 is 20.9 Å². The second-order valence-corrected chi connectivity index (χ2v) is 15.8. The van der Waals surface area contributed by atoms with Gasteiger partial charge in [-0.15, -0.1) is 20.5 Å². The van der Waals surface area contributed by atoms with Gasteiger partial charge in [0.15, 0.2) is 0 Å². The molecule has 0 fully saturated rings. The zero-order chi connectivity index (χ0) is 40.4. The van der Waals surface area contributed by atoms with Crippen LogP contribution in [0.25, 0.3) is 32.7 Å². The van der Waals surface area contributed by atoms with E-state index in [4.69, 9.17) is 20.9 Å². The summed E-state index contributed by atoms with van der Waals surface area (Å²) in [4.78, 5) is -0.679. The van der Waals surface area contributed by atoms with E-state index in [1.54, 1.807) is 60.7 Å². The number of hydrogen-bond acceptors (Lipinski definition) is 12. The van der Waals surface area contributed by atoms with Crippen LogP contribution in [-0.4, -0.2) is 39.2 Å². The number of rotatable bonds is 13. The van der Waals surface area contributed by atoms with Crippen molar-refractivity contribution in [3.63, 3.8) is 0 Å². The number of hydrogen-bond donors (Lipinski definition) is 4. The first-order valence-electron chi connectivity index (χ1n) is 17.6. The summed E-state index contributed by atoms with van der Waals surface area (Å²) < 4.78 is 81.3. The fraction of sp³-hybridized carbons (Fsp3) is 0.200. The van der Waals surface area contributed by atoms with E-state index >= 15 is 0 Å². The van der Waals surface area contributed by atoms with Crippen LogP contribution >= 0.6 is 0 Å². The van der Waals surface area contributed by atoms with E-state index in [0.29, 0.717) is 59.7 Å². The fourth-order valence-corrected chi connectivity index (χ4v) is 7.68. The van der Waals surface area contributed by atoms with Crippen molar-refractivity contribution in [3.8, 4) is 22.6 Å². The van der Waals surface area contributed by atoms with E-state index in [-0.39, 0.29) is 43.3 Å². The number of nitrogen functional groups attached to an aromatic ring is 2. The van der Waals surface area contributed by atoms with Gasteiger partial charge in [-0.1, -0.05) is 62.4 Å². The minimum Gasteiger partial charge on any atom is -0.491 e. The predicted octanol–water partition coefficient (Wildman–Crippen LogP) is 10.3. The third kappa shape index (κ3) is 8.18. The molecule has 0 bridgehead atoms. The summed E-state index contributed by atoms with van der Waals surface area (Å²) in [5.41, 5.74) is 17.2. The first kappa shape index (κ1) is 39.7.